The molecule has 118 valence electrons. The van der Waals surface area contributed by atoms with Gasteiger partial charge in [0, 0.05) is 25.6 Å². The van der Waals surface area contributed by atoms with Gasteiger partial charge in [0.1, 0.15) is 5.54 Å². The molecule has 0 radical (unpaired) electrons. The van der Waals surface area contributed by atoms with Crippen LogP contribution in [0, 0.1) is 5.92 Å². The van der Waals surface area contributed by atoms with E-state index in [4.69, 9.17) is 4.55 Å². The molecule has 0 aliphatic carbocycles. The molecule has 0 aromatic rings. The van der Waals surface area contributed by atoms with Gasteiger partial charge in [0.25, 0.3) is 0 Å². The molecule has 2 atom stereocenters. The van der Waals surface area contributed by atoms with Crippen LogP contribution in [0.5, 0.6) is 0 Å². The third kappa shape index (κ3) is 2.08. The Bertz CT molecular complexity index is 589. The molecule has 3 heterocycles. The molecule has 0 aromatic carbocycles. The number of hydrogen-bond acceptors (Lipinski definition) is 6. The normalized spacial score (nSPS) is 33.2. The van der Waals surface area contributed by atoms with Crippen LogP contribution in [0.25, 0.3) is 0 Å². The number of piperidine rings is 1. The second kappa shape index (κ2) is 4.53. The van der Waals surface area contributed by atoms with E-state index in [2.05, 4.69) is 9.60 Å². The Morgan fingerprint density at radius 3 is 2.57 bits per heavy atom. The van der Waals surface area contributed by atoms with Crippen molar-refractivity contribution in [2.24, 2.45) is 5.92 Å². The number of nitrogens with one attached hydrogen (secondary N) is 1. The highest BCUT2D eigenvalue weighted by molar-refractivity contribution is 7.80. The van der Waals surface area contributed by atoms with Crippen LogP contribution in [0.4, 0.5) is 4.79 Å². The molecular formula is C10H15N3O7S. The average Bonchev–Trinajstić information content (AvgIpc) is 2.55. The van der Waals surface area contributed by atoms with Crippen molar-refractivity contribution in [3.05, 3.63) is 0 Å². The molecule has 3 rings (SSSR count). The second-order valence-electron chi connectivity index (χ2n) is 5.50. The molecule has 2 amide bonds. The molecule has 21 heavy (non-hydrogen) atoms. The van der Waals surface area contributed by atoms with Crippen LogP contribution in [0.3, 0.4) is 0 Å². The van der Waals surface area contributed by atoms with Gasteiger partial charge in [-0.3, -0.25) is 4.55 Å². The summed E-state index contributed by atoms with van der Waals surface area (Å²) >= 11 is 0. The first kappa shape index (κ1) is 14.5. The van der Waals surface area contributed by atoms with Gasteiger partial charge >= 0.3 is 22.4 Å². The first-order valence-corrected chi connectivity index (χ1v) is 7.84. The number of carbonyl (C=O) groups is 2. The van der Waals surface area contributed by atoms with Crippen LogP contribution >= 0.6 is 0 Å². The molecule has 3 N–H and O–H groups in total. The van der Waals surface area contributed by atoms with Crippen LogP contribution in [0.2, 0.25) is 0 Å². The van der Waals surface area contributed by atoms with Crippen molar-refractivity contribution in [1.29, 1.82) is 0 Å². The SMILES string of the molecule is O=C1N(OS(=O)(=O)O)[C@@H]2CC[C@@](C(=O)O)(C3CNC3)N1C2. The van der Waals surface area contributed by atoms with E-state index in [0.29, 0.717) is 24.6 Å². The van der Waals surface area contributed by atoms with Gasteiger partial charge in [0.15, 0.2) is 0 Å². The number of hydrogen-bond donors (Lipinski definition) is 3. The predicted octanol–water partition coefficient (Wildman–Crippen LogP) is -1.34. The highest BCUT2D eigenvalue weighted by atomic mass is 32.3. The smallest absolute Gasteiger partial charge is 0.418 e. The first-order valence-electron chi connectivity index (χ1n) is 6.47. The van der Waals surface area contributed by atoms with Crippen LogP contribution in [-0.4, -0.2) is 71.3 Å². The lowest BCUT2D eigenvalue weighted by Crippen LogP contribution is -2.69. The van der Waals surface area contributed by atoms with Crippen molar-refractivity contribution in [2.45, 2.75) is 24.4 Å². The molecular weight excluding hydrogens is 306 g/mol. The summed E-state index contributed by atoms with van der Waals surface area (Å²) < 4.78 is 34.6. The Hall–Kier alpha value is -1.43. The molecule has 3 fully saturated rings. The molecule has 0 aromatic heterocycles. The van der Waals surface area contributed by atoms with Crippen LogP contribution in [-0.2, 0) is 19.5 Å². The minimum absolute atomic E-state index is 0.0666. The van der Waals surface area contributed by atoms with Crippen LogP contribution < -0.4 is 5.32 Å². The maximum Gasteiger partial charge on any atom is 0.418 e. The third-order valence-corrected chi connectivity index (χ3v) is 4.84. The number of rotatable bonds is 4. The van der Waals surface area contributed by atoms with Gasteiger partial charge in [0.2, 0.25) is 0 Å². The molecule has 3 aliphatic heterocycles. The fraction of sp³-hybridized carbons (Fsp3) is 0.800. The van der Waals surface area contributed by atoms with E-state index in [1.807, 2.05) is 0 Å². The van der Waals surface area contributed by atoms with Gasteiger partial charge in [-0.2, -0.15) is 13.5 Å². The van der Waals surface area contributed by atoms with Gasteiger partial charge in [-0.1, -0.05) is 0 Å². The van der Waals surface area contributed by atoms with Crippen molar-refractivity contribution >= 4 is 22.4 Å². The van der Waals surface area contributed by atoms with Crippen molar-refractivity contribution in [2.75, 3.05) is 19.6 Å². The number of carboxylic acids is 1. The highest BCUT2D eigenvalue weighted by Crippen LogP contribution is 2.43. The number of amides is 2. The topological polar surface area (TPSA) is 136 Å². The van der Waals surface area contributed by atoms with Crippen LogP contribution in [0.1, 0.15) is 12.8 Å². The Morgan fingerprint density at radius 2 is 2.10 bits per heavy atom. The van der Waals surface area contributed by atoms with E-state index in [1.54, 1.807) is 0 Å². The summed E-state index contributed by atoms with van der Waals surface area (Å²) in [6, 6.07) is -1.43. The number of carboxylic acid groups (broad SMARTS) is 1. The van der Waals surface area contributed by atoms with Crippen molar-refractivity contribution < 1.29 is 31.9 Å². The van der Waals surface area contributed by atoms with Crippen molar-refractivity contribution in [3.63, 3.8) is 0 Å². The van der Waals surface area contributed by atoms with Gasteiger partial charge in [0.05, 0.1) is 6.04 Å². The Morgan fingerprint density at radius 1 is 1.43 bits per heavy atom. The largest absolute Gasteiger partial charge is 0.479 e. The Labute approximate surface area is 120 Å². The fourth-order valence-corrected chi connectivity index (χ4v) is 3.73. The summed E-state index contributed by atoms with van der Waals surface area (Å²) in [5.41, 5.74) is -1.35. The molecule has 0 saturated carbocycles. The predicted molar refractivity (Wildman–Crippen MR) is 66.3 cm³/mol. The lowest BCUT2D eigenvalue weighted by molar-refractivity contribution is -0.157. The van der Waals surface area contributed by atoms with Gasteiger partial charge in [-0.05, 0) is 12.8 Å². The third-order valence-electron chi connectivity index (χ3n) is 4.49. The summed E-state index contributed by atoms with van der Waals surface area (Å²) in [4.78, 5) is 25.2. The minimum Gasteiger partial charge on any atom is -0.479 e. The molecule has 3 saturated heterocycles. The van der Waals surface area contributed by atoms with Crippen molar-refractivity contribution in [1.82, 2.24) is 15.3 Å². The maximum atomic E-state index is 12.3. The molecule has 3 aliphatic rings. The Kier molecular flexibility index (Phi) is 3.13. The van der Waals surface area contributed by atoms with E-state index in [-0.39, 0.29) is 18.9 Å². The zero-order valence-electron chi connectivity index (χ0n) is 10.9. The monoisotopic (exact) mass is 321 g/mol. The Balaban J connectivity index is 1.92. The van der Waals surface area contributed by atoms with Crippen molar-refractivity contribution in [3.8, 4) is 0 Å². The van der Waals surface area contributed by atoms with E-state index in [9.17, 15) is 23.1 Å². The van der Waals surface area contributed by atoms with Gasteiger partial charge in [-0.25, -0.2) is 9.59 Å². The lowest BCUT2D eigenvalue weighted by atomic mass is 9.73. The molecule has 0 spiro atoms. The zero-order valence-corrected chi connectivity index (χ0v) is 11.7. The number of urea groups is 1. The zero-order chi connectivity index (χ0) is 15.4. The number of nitrogens with zero attached hydrogens (tertiary/aromatic N) is 2. The number of hydroxylamine groups is 2. The lowest BCUT2D eigenvalue weighted by Gasteiger charge is -2.48. The van der Waals surface area contributed by atoms with E-state index in [1.165, 1.54) is 0 Å². The van der Waals surface area contributed by atoms with E-state index in [0.717, 1.165) is 4.90 Å². The second-order valence-corrected chi connectivity index (χ2v) is 6.50. The number of carbonyl (C=O) groups excluding carboxylic acids is 1. The average molecular weight is 321 g/mol. The highest BCUT2D eigenvalue weighted by Gasteiger charge is 2.62. The summed E-state index contributed by atoms with van der Waals surface area (Å²) in [6.07, 6.45) is 0.511. The summed E-state index contributed by atoms with van der Waals surface area (Å²) in [5.74, 6) is -1.33. The molecule has 2 bridgehead atoms. The van der Waals surface area contributed by atoms with Crippen LogP contribution in [0.15, 0.2) is 0 Å². The maximum absolute atomic E-state index is 12.3. The molecule has 0 unspecified atom stereocenters. The quantitative estimate of drug-likeness (QED) is 0.541. The van der Waals surface area contributed by atoms with Gasteiger partial charge < -0.3 is 15.3 Å². The standard InChI is InChI=1S/C10H15N3O7S/c14-8(15)10(6-3-11-4-6)2-1-7-5-12(10)9(16)13(7)20-21(17,18)19/h6-7,11H,1-5H2,(H,14,15)(H,17,18,19)/t7-,10+/m1/s1. The summed E-state index contributed by atoms with van der Waals surface area (Å²) in [7, 11) is -4.83. The number of fused-ring (bicyclic) bond motifs is 2. The van der Waals surface area contributed by atoms with E-state index < -0.39 is 34.0 Å². The van der Waals surface area contributed by atoms with Gasteiger partial charge in [-0.15, -0.1) is 4.28 Å². The fourth-order valence-electron chi connectivity index (χ4n) is 3.34. The summed E-state index contributed by atoms with van der Waals surface area (Å²) in [5, 5.41) is 13.2. The van der Waals surface area contributed by atoms with E-state index >= 15 is 0 Å². The first-order chi connectivity index (χ1) is 9.75. The minimum atomic E-state index is -4.83. The molecule has 10 nitrogen and oxygen atoms in total. The summed E-state index contributed by atoms with van der Waals surface area (Å²) in [6.45, 7) is 1.04. The number of aliphatic carboxylic acids is 1. The molecule has 11 heteroatoms.